The van der Waals surface area contributed by atoms with Crippen molar-refractivity contribution in [3.8, 4) is 5.75 Å². The zero-order valence-corrected chi connectivity index (χ0v) is 14.8. The molecule has 0 aromatic heterocycles. The summed E-state index contributed by atoms with van der Waals surface area (Å²) in [5.41, 5.74) is 0. The van der Waals surface area contributed by atoms with Crippen LogP contribution >= 0.6 is 0 Å². The van der Waals surface area contributed by atoms with Crippen molar-refractivity contribution in [1.82, 2.24) is 9.62 Å². The fraction of sp³-hybridized carbons (Fsp3) is 0.625. The molecule has 126 valence electrons. The maximum absolute atomic E-state index is 12.3. The largest absolute Gasteiger partial charge is 0.497 e. The maximum Gasteiger partial charge on any atom is 0.240 e. The lowest BCUT2D eigenvalue weighted by atomic mass is 10.2. The average molecular weight is 328 g/mol. The number of nitrogens with zero attached hydrogens (tertiary/aromatic N) is 1. The zero-order valence-electron chi connectivity index (χ0n) is 14.0. The van der Waals surface area contributed by atoms with Crippen LogP contribution in [0.3, 0.4) is 0 Å². The molecule has 0 radical (unpaired) electrons. The van der Waals surface area contributed by atoms with E-state index >= 15 is 0 Å². The first-order chi connectivity index (χ1) is 10.4. The Bertz CT molecular complexity index is 525. The van der Waals surface area contributed by atoms with E-state index < -0.39 is 10.0 Å². The van der Waals surface area contributed by atoms with Crippen LogP contribution in [-0.4, -0.2) is 46.1 Å². The number of sulfonamides is 1. The summed E-state index contributed by atoms with van der Waals surface area (Å²) in [6.45, 7) is 9.24. The van der Waals surface area contributed by atoms with E-state index in [0.717, 1.165) is 32.5 Å². The number of nitrogens with one attached hydrogen (secondary N) is 1. The number of ether oxygens (including phenoxy) is 1. The van der Waals surface area contributed by atoms with Crippen LogP contribution < -0.4 is 9.46 Å². The van der Waals surface area contributed by atoms with Crippen molar-refractivity contribution in [2.75, 3.05) is 26.7 Å². The third kappa shape index (κ3) is 5.94. The molecule has 0 aliphatic rings. The van der Waals surface area contributed by atoms with Crippen molar-refractivity contribution in [3.05, 3.63) is 24.3 Å². The second-order valence-electron chi connectivity index (χ2n) is 5.37. The van der Waals surface area contributed by atoms with Crippen LogP contribution in [-0.2, 0) is 10.0 Å². The molecule has 1 rings (SSSR count). The summed E-state index contributed by atoms with van der Waals surface area (Å²) in [4.78, 5) is 2.61. The van der Waals surface area contributed by atoms with Crippen LogP contribution in [0.2, 0.25) is 0 Å². The van der Waals surface area contributed by atoms with Crippen LogP contribution in [0.1, 0.15) is 33.6 Å². The molecule has 6 heteroatoms. The molecule has 0 saturated heterocycles. The van der Waals surface area contributed by atoms with Crippen molar-refractivity contribution >= 4 is 10.0 Å². The smallest absolute Gasteiger partial charge is 0.240 e. The standard InChI is InChI=1S/C16H28N2O3S/c1-5-18(6-2)13-7-8-14(3)17-22(19,20)16-11-9-15(21-4)10-12-16/h9-12,14,17H,5-8,13H2,1-4H3. The van der Waals surface area contributed by atoms with Crippen LogP contribution in [0.4, 0.5) is 0 Å². The first kappa shape index (κ1) is 18.9. The van der Waals surface area contributed by atoms with Crippen LogP contribution in [0.5, 0.6) is 5.75 Å². The molecule has 0 bridgehead atoms. The normalized spacial score (nSPS) is 13.3. The van der Waals surface area contributed by atoms with Crippen molar-refractivity contribution in [1.29, 1.82) is 0 Å². The topological polar surface area (TPSA) is 58.6 Å². The molecule has 1 aromatic rings. The van der Waals surface area contributed by atoms with Gasteiger partial charge in [-0.15, -0.1) is 0 Å². The van der Waals surface area contributed by atoms with Gasteiger partial charge in [-0.2, -0.15) is 0 Å². The quantitative estimate of drug-likeness (QED) is 0.717. The molecule has 1 unspecified atom stereocenters. The molecule has 1 N–H and O–H groups in total. The van der Waals surface area contributed by atoms with Gasteiger partial charge in [0.15, 0.2) is 0 Å². The van der Waals surface area contributed by atoms with Gasteiger partial charge in [0.1, 0.15) is 5.75 Å². The molecular formula is C16H28N2O3S. The van der Waals surface area contributed by atoms with E-state index in [1.807, 2.05) is 6.92 Å². The number of rotatable bonds is 10. The fourth-order valence-electron chi connectivity index (χ4n) is 2.31. The molecule has 5 nitrogen and oxygen atoms in total. The monoisotopic (exact) mass is 328 g/mol. The van der Waals surface area contributed by atoms with Gasteiger partial charge in [0.2, 0.25) is 10.0 Å². The molecule has 1 atom stereocenters. The van der Waals surface area contributed by atoms with Gasteiger partial charge in [-0.25, -0.2) is 13.1 Å². The molecule has 0 amide bonds. The summed E-state index contributed by atoms with van der Waals surface area (Å²) in [5, 5.41) is 0. The number of benzene rings is 1. The third-order valence-electron chi connectivity index (χ3n) is 3.73. The van der Waals surface area contributed by atoms with Gasteiger partial charge in [0, 0.05) is 6.04 Å². The molecule has 0 saturated carbocycles. The Kier molecular flexibility index (Phi) is 7.85. The Balaban J connectivity index is 2.52. The minimum absolute atomic E-state index is 0.0809. The van der Waals surface area contributed by atoms with Gasteiger partial charge in [-0.3, -0.25) is 0 Å². The molecular weight excluding hydrogens is 300 g/mol. The maximum atomic E-state index is 12.3. The first-order valence-corrected chi connectivity index (χ1v) is 9.30. The SMILES string of the molecule is CCN(CC)CCCC(C)NS(=O)(=O)c1ccc(OC)cc1. The minimum atomic E-state index is -3.47. The zero-order chi connectivity index (χ0) is 16.6. The van der Waals surface area contributed by atoms with Crippen molar-refractivity contribution in [2.45, 2.75) is 44.6 Å². The summed E-state index contributed by atoms with van der Waals surface area (Å²) in [5.74, 6) is 0.645. The number of hydrogen-bond donors (Lipinski definition) is 1. The summed E-state index contributed by atoms with van der Waals surface area (Å²) < 4.78 is 32.4. The lowest BCUT2D eigenvalue weighted by Gasteiger charge is -2.19. The van der Waals surface area contributed by atoms with Crippen LogP contribution in [0.15, 0.2) is 29.2 Å². The molecule has 22 heavy (non-hydrogen) atoms. The number of hydrogen-bond acceptors (Lipinski definition) is 4. The summed E-state index contributed by atoms with van der Waals surface area (Å²) in [6.07, 6.45) is 1.81. The van der Waals surface area contributed by atoms with Crippen molar-refractivity contribution in [3.63, 3.8) is 0 Å². The molecule has 0 fully saturated rings. The summed E-state index contributed by atoms with van der Waals surface area (Å²) in [7, 11) is -1.91. The highest BCUT2D eigenvalue weighted by atomic mass is 32.2. The Morgan fingerprint density at radius 3 is 2.27 bits per heavy atom. The van der Waals surface area contributed by atoms with Gasteiger partial charge in [-0.1, -0.05) is 13.8 Å². The van der Waals surface area contributed by atoms with Crippen molar-refractivity contribution < 1.29 is 13.2 Å². The Morgan fingerprint density at radius 2 is 1.77 bits per heavy atom. The van der Waals surface area contributed by atoms with E-state index in [1.165, 1.54) is 0 Å². The lowest BCUT2D eigenvalue weighted by Crippen LogP contribution is -2.33. The van der Waals surface area contributed by atoms with Crippen LogP contribution in [0.25, 0.3) is 0 Å². The minimum Gasteiger partial charge on any atom is -0.497 e. The van der Waals surface area contributed by atoms with E-state index in [9.17, 15) is 8.42 Å². The molecule has 0 spiro atoms. The highest BCUT2D eigenvalue weighted by Crippen LogP contribution is 2.16. The Labute approximate surface area is 134 Å². The van der Waals surface area contributed by atoms with Gasteiger partial charge in [-0.05, 0) is 63.7 Å². The van der Waals surface area contributed by atoms with E-state index in [0.29, 0.717) is 5.75 Å². The van der Waals surface area contributed by atoms with Gasteiger partial charge < -0.3 is 9.64 Å². The Morgan fingerprint density at radius 1 is 1.18 bits per heavy atom. The molecule has 0 aliphatic heterocycles. The molecule has 0 heterocycles. The first-order valence-electron chi connectivity index (χ1n) is 7.81. The highest BCUT2D eigenvalue weighted by Gasteiger charge is 2.17. The van der Waals surface area contributed by atoms with E-state index in [-0.39, 0.29) is 10.9 Å². The predicted molar refractivity (Wildman–Crippen MR) is 89.8 cm³/mol. The fourth-order valence-corrected chi connectivity index (χ4v) is 3.59. The third-order valence-corrected chi connectivity index (χ3v) is 5.34. The van der Waals surface area contributed by atoms with E-state index in [1.54, 1.807) is 31.4 Å². The summed E-state index contributed by atoms with van der Waals surface area (Å²) >= 11 is 0. The van der Waals surface area contributed by atoms with Crippen molar-refractivity contribution in [2.24, 2.45) is 0 Å². The predicted octanol–water partition coefficient (Wildman–Crippen LogP) is 2.48. The summed E-state index contributed by atoms with van der Waals surface area (Å²) in [6, 6.07) is 6.34. The van der Waals surface area contributed by atoms with E-state index in [4.69, 9.17) is 4.74 Å². The molecule has 1 aromatic carbocycles. The number of methoxy groups -OCH3 is 1. The average Bonchev–Trinajstić information content (AvgIpc) is 2.51. The van der Waals surface area contributed by atoms with Gasteiger partial charge in [0.25, 0.3) is 0 Å². The van der Waals surface area contributed by atoms with Gasteiger partial charge in [0.05, 0.1) is 12.0 Å². The Hall–Kier alpha value is -1.11. The van der Waals surface area contributed by atoms with Crippen LogP contribution in [0, 0.1) is 0 Å². The highest BCUT2D eigenvalue weighted by molar-refractivity contribution is 7.89. The van der Waals surface area contributed by atoms with E-state index in [2.05, 4.69) is 23.5 Å². The lowest BCUT2D eigenvalue weighted by molar-refractivity contribution is 0.293. The molecule has 0 aliphatic carbocycles. The second-order valence-corrected chi connectivity index (χ2v) is 7.08. The van der Waals surface area contributed by atoms with Gasteiger partial charge >= 0.3 is 0 Å². The second kappa shape index (κ2) is 9.12.